The Balaban J connectivity index is 1.71. The maximum atomic E-state index is 3.48. The van der Waals surface area contributed by atoms with Crippen molar-refractivity contribution in [2.45, 2.75) is 31.1 Å². The van der Waals surface area contributed by atoms with Gasteiger partial charge in [0.25, 0.3) is 0 Å². The highest BCUT2D eigenvalue weighted by Crippen LogP contribution is 2.23. The van der Waals surface area contributed by atoms with E-state index in [1.807, 2.05) is 11.8 Å². The van der Waals surface area contributed by atoms with Crippen LogP contribution in [0.25, 0.3) is 0 Å². The summed E-state index contributed by atoms with van der Waals surface area (Å²) in [4.78, 5) is 1.42. The van der Waals surface area contributed by atoms with Gasteiger partial charge in [0.15, 0.2) is 0 Å². The first kappa shape index (κ1) is 12.0. The van der Waals surface area contributed by atoms with Gasteiger partial charge in [-0.05, 0) is 63.1 Å². The zero-order valence-electron chi connectivity index (χ0n) is 10.0. The first-order valence-corrected chi connectivity index (χ1v) is 7.23. The molecule has 2 heteroatoms. The van der Waals surface area contributed by atoms with Crippen LogP contribution in [0.15, 0.2) is 29.2 Å². The molecule has 1 heterocycles. The number of rotatable bonds is 4. The average molecular weight is 235 g/mol. The fourth-order valence-electron chi connectivity index (χ4n) is 2.22. The van der Waals surface area contributed by atoms with Crippen LogP contribution in [0.5, 0.6) is 0 Å². The Morgan fingerprint density at radius 2 is 2.38 bits per heavy atom. The molecule has 0 amide bonds. The van der Waals surface area contributed by atoms with Gasteiger partial charge in [0.2, 0.25) is 0 Å². The molecule has 1 aromatic carbocycles. The second kappa shape index (κ2) is 6.31. The van der Waals surface area contributed by atoms with Gasteiger partial charge in [-0.15, -0.1) is 11.8 Å². The highest BCUT2D eigenvalue weighted by molar-refractivity contribution is 7.99. The fourth-order valence-corrected chi connectivity index (χ4v) is 3.35. The van der Waals surface area contributed by atoms with Gasteiger partial charge in [-0.3, -0.25) is 0 Å². The summed E-state index contributed by atoms with van der Waals surface area (Å²) in [7, 11) is 0. The van der Waals surface area contributed by atoms with Crippen LogP contribution in [0.1, 0.15) is 24.8 Å². The topological polar surface area (TPSA) is 12.0 Å². The molecule has 1 N–H and O–H groups in total. The molecular formula is C14H21NS. The Morgan fingerprint density at radius 3 is 3.12 bits per heavy atom. The molecule has 2 rings (SSSR count). The minimum Gasteiger partial charge on any atom is -0.316 e. The molecule has 0 spiro atoms. The zero-order chi connectivity index (χ0) is 11.2. The van der Waals surface area contributed by atoms with Gasteiger partial charge >= 0.3 is 0 Å². The summed E-state index contributed by atoms with van der Waals surface area (Å²) >= 11 is 2.00. The maximum absolute atomic E-state index is 3.48. The van der Waals surface area contributed by atoms with Crippen LogP contribution < -0.4 is 5.32 Å². The molecule has 1 aliphatic heterocycles. The number of nitrogens with one attached hydrogen (secondary N) is 1. The molecule has 1 saturated heterocycles. The van der Waals surface area contributed by atoms with E-state index in [4.69, 9.17) is 0 Å². The average Bonchev–Trinajstić information content (AvgIpc) is 2.30. The van der Waals surface area contributed by atoms with Gasteiger partial charge in [0, 0.05) is 4.90 Å². The summed E-state index contributed by atoms with van der Waals surface area (Å²) in [6.45, 7) is 4.62. The number of thioether (sulfide) groups is 1. The van der Waals surface area contributed by atoms with Crippen molar-refractivity contribution >= 4 is 11.8 Å². The van der Waals surface area contributed by atoms with Crippen molar-refractivity contribution in [1.29, 1.82) is 0 Å². The van der Waals surface area contributed by atoms with Crippen molar-refractivity contribution in [3.05, 3.63) is 29.8 Å². The van der Waals surface area contributed by atoms with Crippen LogP contribution in [0.2, 0.25) is 0 Å². The summed E-state index contributed by atoms with van der Waals surface area (Å²) in [6, 6.07) is 8.82. The Labute approximate surface area is 103 Å². The van der Waals surface area contributed by atoms with E-state index in [0.717, 1.165) is 5.92 Å². The van der Waals surface area contributed by atoms with Crippen LogP contribution in [0.4, 0.5) is 0 Å². The normalized spacial score (nSPS) is 20.9. The largest absolute Gasteiger partial charge is 0.316 e. The van der Waals surface area contributed by atoms with Crippen molar-refractivity contribution in [2.75, 3.05) is 18.8 Å². The number of hydrogen-bond donors (Lipinski definition) is 1. The Hall–Kier alpha value is -0.470. The number of hydrogen-bond acceptors (Lipinski definition) is 2. The zero-order valence-corrected chi connectivity index (χ0v) is 10.9. The SMILES string of the molecule is Cc1cccc(SCCC2CCCNC2)c1. The smallest absolute Gasteiger partial charge is 0.00745 e. The van der Waals surface area contributed by atoms with Crippen LogP contribution in [-0.4, -0.2) is 18.8 Å². The van der Waals surface area contributed by atoms with E-state index in [0.29, 0.717) is 0 Å². The summed E-state index contributed by atoms with van der Waals surface area (Å²) in [5, 5.41) is 3.48. The molecule has 1 unspecified atom stereocenters. The molecule has 1 nitrogen and oxygen atoms in total. The molecular weight excluding hydrogens is 214 g/mol. The van der Waals surface area contributed by atoms with E-state index in [1.54, 1.807) is 0 Å². The van der Waals surface area contributed by atoms with E-state index in [1.165, 1.54) is 48.6 Å². The molecule has 0 radical (unpaired) electrons. The quantitative estimate of drug-likeness (QED) is 0.802. The molecule has 16 heavy (non-hydrogen) atoms. The van der Waals surface area contributed by atoms with Gasteiger partial charge < -0.3 is 5.32 Å². The Kier molecular flexibility index (Phi) is 4.73. The molecule has 1 atom stereocenters. The summed E-state index contributed by atoms with van der Waals surface area (Å²) in [6.07, 6.45) is 4.13. The van der Waals surface area contributed by atoms with Gasteiger partial charge in [-0.2, -0.15) is 0 Å². The van der Waals surface area contributed by atoms with Crippen molar-refractivity contribution < 1.29 is 0 Å². The first-order chi connectivity index (χ1) is 7.84. The minimum atomic E-state index is 0.908. The van der Waals surface area contributed by atoms with Crippen LogP contribution >= 0.6 is 11.8 Å². The maximum Gasteiger partial charge on any atom is 0.00745 e. The third-order valence-electron chi connectivity index (χ3n) is 3.18. The third-order valence-corrected chi connectivity index (χ3v) is 4.21. The fraction of sp³-hybridized carbons (Fsp3) is 0.571. The minimum absolute atomic E-state index is 0.908. The molecule has 0 aromatic heterocycles. The van der Waals surface area contributed by atoms with Gasteiger partial charge in [0.1, 0.15) is 0 Å². The Morgan fingerprint density at radius 1 is 1.44 bits per heavy atom. The molecule has 1 fully saturated rings. The molecule has 0 aliphatic carbocycles. The van der Waals surface area contributed by atoms with Crippen LogP contribution in [0.3, 0.4) is 0 Å². The van der Waals surface area contributed by atoms with Crippen molar-refractivity contribution in [2.24, 2.45) is 5.92 Å². The first-order valence-electron chi connectivity index (χ1n) is 6.25. The van der Waals surface area contributed by atoms with Crippen molar-refractivity contribution in [1.82, 2.24) is 5.32 Å². The molecule has 1 aromatic rings. The summed E-state index contributed by atoms with van der Waals surface area (Å²) < 4.78 is 0. The highest BCUT2D eigenvalue weighted by atomic mass is 32.2. The third kappa shape index (κ3) is 3.84. The van der Waals surface area contributed by atoms with E-state index in [2.05, 4.69) is 36.5 Å². The second-order valence-corrected chi connectivity index (χ2v) is 5.83. The molecule has 0 bridgehead atoms. The van der Waals surface area contributed by atoms with Gasteiger partial charge in [0.05, 0.1) is 0 Å². The summed E-state index contributed by atoms with van der Waals surface area (Å²) in [5.41, 5.74) is 1.37. The standard InChI is InChI=1S/C14H21NS/c1-12-4-2-6-14(10-12)16-9-7-13-5-3-8-15-11-13/h2,4,6,10,13,15H,3,5,7-9,11H2,1H3. The van der Waals surface area contributed by atoms with Gasteiger partial charge in [-0.1, -0.05) is 17.7 Å². The number of piperidine rings is 1. The van der Waals surface area contributed by atoms with Crippen molar-refractivity contribution in [3.8, 4) is 0 Å². The lowest BCUT2D eigenvalue weighted by Gasteiger charge is -2.22. The number of benzene rings is 1. The van der Waals surface area contributed by atoms with E-state index in [9.17, 15) is 0 Å². The predicted octanol–water partition coefficient (Wildman–Crippen LogP) is 3.48. The highest BCUT2D eigenvalue weighted by Gasteiger charge is 2.12. The summed E-state index contributed by atoms with van der Waals surface area (Å²) in [5.74, 6) is 2.17. The molecule has 0 saturated carbocycles. The lowest BCUT2D eigenvalue weighted by molar-refractivity contribution is 0.371. The molecule has 88 valence electrons. The van der Waals surface area contributed by atoms with E-state index >= 15 is 0 Å². The Bertz CT molecular complexity index is 318. The predicted molar refractivity (Wildman–Crippen MR) is 72.1 cm³/mol. The van der Waals surface area contributed by atoms with E-state index in [-0.39, 0.29) is 0 Å². The van der Waals surface area contributed by atoms with E-state index < -0.39 is 0 Å². The monoisotopic (exact) mass is 235 g/mol. The van der Waals surface area contributed by atoms with Crippen LogP contribution in [-0.2, 0) is 0 Å². The van der Waals surface area contributed by atoms with Crippen LogP contribution in [0, 0.1) is 12.8 Å². The van der Waals surface area contributed by atoms with Crippen molar-refractivity contribution in [3.63, 3.8) is 0 Å². The lowest BCUT2D eigenvalue weighted by Crippen LogP contribution is -2.29. The second-order valence-electron chi connectivity index (χ2n) is 4.67. The molecule has 1 aliphatic rings. The lowest BCUT2D eigenvalue weighted by atomic mass is 9.97. The van der Waals surface area contributed by atoms with Gasteiger partial charge in [-0.25, -0.2) is 0 Å². The number of aryl methyl sites for hydroxylation is 1.